The molecule has 0 saturated heterocycles. The Balaban J connectivity index is 1.43. The highest BCUT2D eigenvalue weighted by Gasteiger charge is 2.14. The number of anilines is 1. The van der Waals surface area contributed by atoms with Crippen LogP contribution in [0.15, 0.2) is 104 Å². The summed E-state index contributed by atoms with van der Waals surface area (Å²) in [5.41, 5.74) is 2.82. The Kier molecular flexibility index (Phi) is 11.1. The Bertz CT molecular complexity index is 1710. The van der Waals surface area contributed by atoms with Crippen molar-refractivity contribution in [3.05, 3.63) is 99.0 Å². The summed E-state index contributed by atoms with van der Waals surface area (Å²) in [6.45, 7) is 3.55. The molecule has 0 bridgehead atoms. The number of halogens is 1. The molecule has 4 aromatic rings. The molecule has 0 aliphatic rings. The highest BCUT2D eigenvalue weighted by atomic mass is 79.9. The molecule has 0 radical (unpaired) electrons. The van der Waals surface area contributed by atoms with Gasteiger partial charge in [0.1, 0.15) is 40.8 Å². The summed E-state index contributed by atoms with van der Waals surface area (Å²) in [6, 6.07) is 21.2. The molecular formula is C31H29BrN6O7. The highest BCUT2D eigenvalue weighted by molar-refractivity contribution is 9.10. The summed E-state index contributed by atoms with van der Waals surface area (Å²) in [5.74, 6) is 0.0236. The van der Waals surface area contributed by atoms with Crippen molar-refractivity contribution in [1.82, 2.24) is 0 Å². The minimum absolute atomic E-state index is 0.0417. The van der Waals surface area contributed by atoms with E-state index in [2.05, 4.69) is 41.3 Å². The molecule has 0 saturated carbocycles. The Morgan fingerprint density at radius 2 is 1.40 bits per heavy atom. The molecule has 0 aliphatic heterocycles. The largest absolute Gasteiger partial charge is 0.494 e. The molecule has 0 aliphatic carbocycles. The summed E-state index contributed by atoms with van der Waals surface area (Å²) in [7, 11) is 2.98. The lowest BCUT2D eigenvalue weighted by molar-refractivity contribution is -0.384. The van der Waals surface area contributed by atoms with Gasteiger partial charge in [-0.3, -0.25) is 10.1 Å². The van der Waals surface area contributed by atoms with Gasteiger partial charge < -0.3 is 24.2 Å². The molecule has 4 aromatic carbocycles. The lowest BCUT2D eigenvalue weighted by Crippen LogP contribution is -2.28. The molecule has 4 rings (SSSR count). The minimum Gasteiger partial charge on any atom is -0.494 e. The number of carboxylic acid groups (broad SMARTS) is 1. The van der Waals surface area contributed by atoms with Crippen molar-refractivity contribution in [3.63, 3.8) is 0 Å². The van der Waals surface area contributed by atoms with Crippen molar-refractivity contribution in [2.75, 3.05) is 38.8 Å². The van der Waals surface area contributed by atoms with E-state index in [1.165, 1.54) is 44.6 Å². The number of azo groups is 2. The second-order valence-corrected chi connectivity index (χ2v) is 10.2. The number of ether oxygens (including phenoxy) is 3. The van der Waals surface area contributed by atoms with Crippen LogP contribution >= 0.6 is 15.9 Å². The van der Waals surface area contributed by atoms with Crippen LogP contribution in [0, 0.1) is 10.1 Å². The zero-order valence-electron chi connectivity index (χ0n) is 24.6. The summed E-state index contributed by atoms with van der Waals surface area (Å²) in [5, 5.41) is 37.3. The first-order valence-electron chi connectivity index (χ1n) is 13.6. The first-order chi connectivity index (χ1) is 21.7. The second kappa shape index (κ2) is 15.4. The number of non-ortho nitro benzene ring substituents is 1. The number of likely N-dealkylation sites (N-methyl/N-ethyl adjacent to an activating group) is 1. The van der Waals surface area contributed by atoms with Gasteiger partial charge in [0, 0.05) is 41.0 Å². The predicted octanol–water partition coefficient (Wildman–Crippen LogP) is 8.81. The number of nitro benzene ring substituents is 1. The lowest BCUT2D eigenvalue weighted by atomic mass is 10.2. The summed E-state index contributed by atoms with van der Waals surface area (Å²) in [6.07, 6.45) is 0. The van der Waals surface area contributed by atoms with E-state index in [4.69, 9.17) is 14.2 Å². The summed E-state index contributed by atoms with van der Waals surface area (Å²) in [4.78, 5) is 24.0. The summed E-state index contributed by atoms with van der Waals surface area (Å²) >= 11 is 3.35. The van der Waals surface area contributed by atoms with Gasteiger partial charge >= 0.3 is 5.97 Å². The molecule has 0 heterocycles. The van der Waals surface area contributed by atoms with Gasteiger partial charge in [0.15, 0.2) is 0 Å². The number of nitro groups is 1. The van der Waals surface area contributed by atoms with Crippen LogP contribution in [0.4, 0.5) is 34.1 Å². The van der Waals surface area contributed by atoms with Crippen molar-refractivity contribution in [1.29, 1.82) is 0 Å². The third-order valence-electron chi connectivity index (χ3n) is 6.48. The SMILES string of the molecule is CCN(CCOc1cc(Br)ccc1C(=O)O)c1ccc(N=Nc2cc(OC)c(N=Nc3ccc([N+](=O)[O-])cc3)cc2OC)cc1. The Morgan fingerprint density at radius 1 is 0.844 bits per heavy atom. The van der Waals surface area contributed by atoms with Gasteiger partial charge in [0.05, 0.1) is 37.1 Å². The third-order valence-corrected chi connectivity index (χ3v) is 6.97. The molecule has 45 heavy (non-hydrogen) atoms. The van der Waals surface area contributed by atoms with Gasteiger partial charge in [-0.1, -0.05) is 15.9 Å². The molecule has 13 nitrogen and oxygen atoms in total. The van der Waals surface area contributed by atoms with Crippen LogP contribution < -0.4 is 19.1 Å². The molecule has 1 N–H and O–H groups in total. The van der Waals surface area contributed by atoms with Crippen molar-refractivity contribution in [2.45, 2.75) is 6.92 Å². The van der Waals surface area contributed by atoms with Crippen LogP contribution in [0.25, 0.3) is 0 Å². The molecule has 0 spiro atoms. The van der Waals surface area contributed by atoms with Crippen molar-refractivity contribution < 1.29 is 29.0 Å². The molecule has 0 atom stereocenters. The van der Waals surface area contributed by atoms with Gasteiger partial charge in [-0.05, 0) is 61.5 Å². The minimum atomic E-state index is -1.05. The van der Waals surface area contributed by atoms with E-state index in [0.717, 1.165) is 10.2 Å². The average molecular weight is 678 g/mol. The number of carboxylic acids is 1. The molecule has 0 aromatic heterocycles. The number of benzene rings is 4. The van der Waals surface area contributed by atoms with Crippen LogP contribution in [0.2, 0.25) is 0 Å². The maximum Gasteiger partial charge on any atom is 0.339 e. The Hall–Kier alpha value is -5.37. The molecule has 14 heteroatoms. The maximum atomic E-state index is 11.5. The topological polar surface area (TPSA) is 161 Å². The normalized spacial score (nSPS) is 11.1. The summed E-state index contributed by atoms with van der Waals surface area (Å²) < 4.78 is 17.5. The molecular weight excluding hydrogens is 648 g/mol. The molecule has 0 unspecified atom stereocenters. The van der Waals surface area contributed by atoms with Crippen LogP contribution in [0.3, 0.4) is 0 Å². The standard InChI is InChI=1S/C31H29BrN6O7/c1-4-37(15-16-45-28-17-20(32)5-14-25(28)31(39)40)23-10-6-21(7-11-23)33-35-26-18-30(44-3)27(19-29(26)43-2)36-34-22-8-12-24(13-9-22)38(41)42/h5-14,17-19H,4,15-16H2,1-3H3,(H,39,40). The van der Waals surface area contributed by atoms with Gasteiger partial charge in [-0.15, -0.1) is 10.2 Å². The van der Waals surface area contributed by atoms with E-state index >= 15 is 0 Å². The van der Waals surface area contributed by atoms with Crippen molar-refractivity contribution >= 4 is 56.0 Å². The fourth-order valence-corrected chi connectivity index (χ4v) is 4.48. The third kappa shape index (κ3) is 8.60. The molecule has 232 valence electrons. The van der Waals surface area contributed by atoms with Crippen LogP contribution in [-0.4, -0.2) is 49.9 Å². The van der Waals surface area contributed by atoms with Crippen LogP contribution in [0.5, 0.6) is 17.2 Å². The fourth-order valence-electron chi connectivity index (χ4n) is 4.14. The van der Waals surface area contributed by atoms with E-state index in [0.29, 0.717) is 53.1 Å². The monoisotopic (exact) mass is 676 g/mol. The van der Waals surface area contributed by atoms with Crippen LogP contribution in [0.1, 0.15) is 17.3 Å². The lowest BCUT2D eigenvalue weighted by Gasteiger charge is -2.23. The second-order valence-electron chi connectivity index (χ2n) is 9.26. The number of carbonyl (C=O) groups is 1. The van der Waals surface area contributed by atoms with E-state index in [1.807, 2.05) is 31.2 Å². The van der Waals surface area contributed by atoms with Gasteiger partial charge in [-0.25, -0.2) is 4.79 Å². The van der Waals surface area contributed by atoms with Gasteiger partial charge in [0.2, 0.25) is 0 Å². The zero-order chi connectivity index (χ0) is 32.3. The van der Waals surface area contributed by atoms with Crippen molar-refractivity contribution in [3.8, 4) is 17.2 Å². The molecule has 0 fully saturated rings. The van der Waals surface area contributed by atoms with Gasteiger partial charge in [0.25, 0.3) is 5.69 Å². The van der Waals surface area contributed by atoms with E-state index in [-0.39, 0.29) is 17.9 Å². The number of hydrogen-bond acceptors (Lipinski definition) is 11. The van der Waals surface area contributed by atoms with Crippen LogP contribution in [-0.2, 0) is 0 Å². The first kappa shape index (κ1) is 32.5. The van der Waals surface area contributed by atoms with Gasteiger partial charge in [-0.2, -0.15) is 10.2 Å². The zero-order valence-corrected chi connectivity index (χ0v) is 26.2. The van der Waals surface area contributed by atoms with Crippen molar-refractivity contribution in [2.24, 2.45) is 20.5 Å². The highest BCUT2D eigenvalue weighted by Crippen LogP contribution is 2.41. The van der Waals surface area contributed by atoms with E-state index < -0.39 is 10.9 Å². The molecule has 0 amide bonds. The average Bonchev–Trinajstić information content (AvgIpc) is 3.05. The number of hydrogen-bond donors (Lipinski definition) is 1. The number of methoxy groups -OCH3 is 2. The Morgan fingerprint density at radius 3 is 1.89 bits per heavy atom. The fraction of sp³-hybridized carbons (Fsp3) is 0.194. The van der Waals surface area contributed by atoms with E-state index in [1.54, 1.807) is 24.3 Å². The maximum absolute atomic E-state index is 11.5. The Labute approximate surface area is 267 Å². The number of aromatic carboxylic acids is 1. The predicted molar refractivity (Wildman–Crippen MR) is 172 cm³/mol. The first-order valence-corrected chi connectivity index (χ1v) is 14.4. The number of rotatable bonds is 14. The smallest absolute Gasteiger partial charge is 0.339 e. The quantitative estimate of drug-likeness (QED) is 0.0787. The number of nitrogens with zero attached hydrogens (tertiary/aromatic N) is 6. The van der Waals surface area contributed by atoms with E-state index in [9.17, 15) is 20.0 Å².